The second-order valence-corrected chi connectivity index (χ2v) is 2.48. The molecule has 0 spiro atoms. The van der Waals surface area contributed by atoms with Crippen LogP contribution in [0.25, 0.3) is 0 Å². The van der Waals surface area contributed by atoms with Crippen molar-refractivity contribution in [1.82, 2.24) is 15.0 Å². The van der Waals surface area contributed by atoms with Crippen LogP contribution in [0.3, 0.4) is 0 Å². The van der Waals surface area contributed by atoms with Crippen molar-refractivity contribution in [3.8, 4) is 5.75 Å². The molecule has 1 aromatic carbocycles. The maximum Gasteiger partial charge on any atom is 0.259 e. The second-order valence-electron chi connectivity index (χ2n) is 2.48. The minimum Gasteiger partial charge on any atom is -0.379 e. The molecular formula is C9H8N4O. The van der Waals surface area contributed by atoms with Crippen molar-refractivity contribution >= 4 is 5.95 Å². The Hall–Kier alpha value is -2.17. The van der Waals surface area contributed by atoms with E-state index < -0.39 is 0 Å². The Kier molecular flexibility index (Phi) is 2.51. The van der Waals surface area contributed by atoms with E-state index in [-0.39, 0.29) is 0 Å². The number of anilines is 1. The summed E-state index contributed by atoms with van der Waals surface area (Å²) in [6.45, 7) is 0. The maximum atomic E-state index is 5.19. The zero-order valence-electron chi connectivity index (χ0n) is 7.29. The highest BCUT2D eigenvalue weighted by atomic mass is 16.6. The molecule has 2 rings (SSSR count). The van der Waals surface area contributed by atoms with Gasteiger partial charge < -0.3 is 4.84 Å². The Bertz CT molecular complexity index is 339. The first-order chi connectivity index (χ1) is 6.95. The zero-order valence-corrected chi connectivity index (χ0v) is 7.29. The van der Waals surface area contributed by atoms with Gasteiger partial charge in [0.15, 0.2) is 5.75 Å². The quantitative estimate of drug-likeness (QED) is 0.735. The Labute approximate surface area is 80.8 Å². The van der Waals surface area contributed by atoms with E-state index in [1.165, 1.54) is 12.7 Å². The summed E-state index contributed by atoms with van der Waals surface area (Å²) in [5.41, 5.74) is 2.60. The summed E-state index contributed by atoms with van der Waals surface area (Å²) in [6.07, 6.45) is 2.79. The summed E-state index contributed by atoms with van der Waals surface area (Å²) in [5.74, 6) is 1.08. The molecule has 0 aliphatic rings. The first-order valence-corrected chi connectivity index (χ1v) is 4.05. The summed E-state index contributed by atoms with van der Waals surface area (Å²) >= 11 is 0. The number of benzene rings is 1. The van der Waals surface area contributed by atoms with E-state index in [1.807, 2.05) is 30.3 Å². The largest absolute Gasteiger partial charge is 0.379 e. The van der Waals surface area contributed by atoms with Gasteiger partial charge >= 0.3 is 0 Å². The van der Waals surface area contributed by atoms with E-state index in [2.05, 4.69) is 20.4 Å². The summed E-state index contributed by atoms with van der Waals surface area (Å²) in [5, 5.41) is 0. The van der Waals surface area contributed by atoms with Crippen LogP contribution in [0.1, 0.15) is 0 Å². The minimum atomic E-state index is 0.379. The van der Waals surface area contributed by atoms with Gasteiger partial charge in [-0.3, -0.25) is 0 Å². The standard InChI is InChI=1S/C9H8N4O/c1-2-4-8(5-3-1)14-13-9-11-6-10-7-12-9/h1-7H,(H,10,11,12,13). The molecule has 0 aliphatic heterocycles. The third-order valence-electron chi connectivity index (χ3n) is 1.50. The molecule has 0 saturated heterocycles. The number of nitrogens with one attached hydrogen (secondary N) is 1. The van der Waals surface area contributed by atoms with E-state index >= 15 is 0 Å². The highest BCUT2D eigenvalue weighted by Gasteiger charge is 1.94. The molecule has 0 bridgehead atoms. The van der Waals surface area contributed by atoms with Crippen LogP contribution < -0.4 is 10.3 Å². The van der Waals surface area contributed by atoms with Gasteiger partial charge in [-0.25, -0.2) is 4.98 Å². The average molecular weight is 188 g/mol. The van der Waals surface area contributed by atoms with E-state index in [9.17, 15) is 0 Å². The molecule has 5 nitrogen and oxygen atoms in total. The molecule has 70 valence electrons. The van der Waals surface area contributed by atoms with Gasteiger partial charge in [0.25, 0.3) is 5.95 Å². The Morgan fingerprint density at radius 1 is 1.00 bits per heavy atom. The molecule has 1 aromatic heterocycles. The lowest BCUT2D eigenvalue weighted by Crippen LogP contribution is -2.07. The van der Waals surface area contributed by atoms with E-state index in [1.54, 1.807) is 0 Å². The molecule has 0 fully saturated rings. The minimum absolute atomic E-state index is 0.379. The van der Waals surface area contributed by atoms with Crippen molar-refractivity contribution in [3.63, 3.8) is 0 Å². The van der Waals surface area contributed by atoms with Crippen molar-refractivity contribution in [2.75, 3.05) is 5.48 Å². The summed E-state index contributed by atoms with van der Waals surface area (Å²) in [4.78, 5) is 16.5. The third-order valence-corrected chi connectivity index (χ3v) is 1.50. The fourth-order valence-electron chi connectivity index (χ4n) is 0.885. The molecule has 5 heteroatoms. The van der Waals surface area contributed by atoms with Crippen molar-refractivity contribution in [3.05, 3.63) is 43.0 Å². The van der Waals surface area contributed by atoms with E-state index in [0.29, 0.717) is 11.7 Å². The Morgan fingerprint density at radius 2 is 1.71 bits per heavy atom. The van der Waals surface area contributed by atoms with Crippen LogP contribution in [0.2, 0.25) is 0 Å². The summed E-state index contributed by atoms with van der Waals surface area (Å²) in [7, 11) is 0. The van der Waals surface area contributed by atoms with Crippen LogP contribution in [-0.2, 0) is 0 Å². The number of aromatic nitrogens is 3. The molecule has 0 radical (unpaired) electrons. The van der Waals surface area contributed by atoms with Gasteiger partial charge in [-0.05, 0) is 12.1 Å². The number of rotatable bonds is 3. The van der Waals surface area contributed by atoms with Crippen LogP contribution in [0, 0.1) is 0 Å². The van der Waals surface area contributed by atoms with Crippen molar-refractivity contribution < 1.29 is 4.84 Å². The van der Waals surface area contributed by atoms with Gasteiger partial charge in [-0.1, -0.05) is 18.2 Å². The molecule has 0 atom stereocenters. The third kappa shape index (κ3) is 2.16. The van der Waals surface area contributed by atoms with Gasteiger partial charge in [0.1, 0.15) is 12.7 Å². The predicted molar refractivity (Wildman–Crippen MR) is 50.5 cm³/mol. The summed E-state index contributed by atoms with van der Waals surface area (Å²) in [6, 6.07) is 9.33. The predicted octanol–water partition coefficient (Wildman–Crippen LogP) is 1.28. The summed E-state index contributed by atoms with van der Waals surface area (Å²) < 4.78 is 0. The highest BCUT2D eigenvalue weighted by Crippen LogP contribution is 2.08. The number of nitrogens with zero attached hydrogens (tertiary/aromatic N) is 3. The van der Waals surface area contributed by atoms with Gasteiger partial charge in [0.05, 0.1) is 0 Å². The highest BCUT2D eigenvalue weighted by molar-refractivity contribution is 5.25. The molecular weight excluding hydrogens is 180 g/mol. The van der Waals surface area contributed by atoms with Crippen LogP contribution in [-0.4, -0.2) is 15.0 Å². The fourth-order valence-corrected chi connectivity index (χ4v) is 0.885. The average Bonchev–Trinajstić information content (AvgIpc) is 2.29. The van der Waals surface area contributed by atoms with Gasteiger partial charge in [-0.2, -0.15) is 15.4 Å². The topological polar surface area (TPSA) is 59.9 Å². The van der Waals surface area contributed by atoms with Crippen LogP contribution in [0.15, 0.2) is 43.0 Å². The molecule has 1 heterocycles. The molecule has 0 saturated carbocycles. The molecule has 14 heavy (non-hydrogen) atoms. The van der Waals surface area contributed by atoms with Crippen LogP contribution >= 0.6 is 0 Å². The lowest BCUT2D eigenvalue weighted by Gasteiger charge is -2.04. The van der Waals surface area contributed by atoms with Crippen LogP contribution in [0.4, 0.5) is 5.95 Å². The van der Waals surface area contributed by atoms with Gasteiger partial charge in [-0.15, -0.1) is 0 Å². The first kappa shape index (κ1) is 8.43. The Morgan fingerprint density at radius 3 is 2.43 bits per heavy atom. The fraction of sp³-hybridized carbons (Fsp3) is 0. The molecule has 0 aliphatic carbocycles. The molecule has 0 amide bonds. The van der Waals surface area contributed by atoms with E-state index in [4.69, 9.17) is 4.84 Å². The number of hydrogen-bond donors (Lipinski definition) is 1. The normalized spacial score (nSPS) is 9.43. The van der Waals surface area contributed by atoms with Gasteiger partial charge in [0.2, 0.25) is 0 Å². The van der Waals surface area contributed by atoms with Crippen molar-refractivity contribution in [2.45, 2.75) is 0 Å². The smallest absolute Gasteiger partial charge is 0.259 e. The first-order valence-electron chi connectivity index (χ1n) is 4.05. The lowest BCUT2D eigenvalue weighted by atomic mass is 10.3. The number of hydrogen-bond acceptors (Lipinski definition) is 5. The van der Waals surface area contributed by atoms with Gasteiger partial charge in [0, 0.05) is 0 Å². The maximum absolute atomic E-state index is 5.19. The number of para-hydroxylation sites is 1. The molecule has 2 aromatic rings. The molecule has 1 N–H and O–H groups in total. The second kappa shape index (κ2) is 4.18. The van der Waals surface area contributed by atoms with Crippen molar-refractivity contribution in [2.24, 2.45) is 0 Å². The lowest BCUT2D eigenvalue weighted by molar-refractivity contribution is 0.399. The Balaban J connectivity index is 1.96. The zero-order chi connectivity index (χ0) is 9.64. The van der Waals surface area contributed by atoms with E-state index in [0.717, 1.165) is 0 Å². The molecule has 0 unspecified atom stereocenters. The van der Waals surface area contributed by atoms with Crippen LogP contribution in [0.5, 0.6) is 5.75 Å². The van der Waals surface area contributed by atoms with Crippen molar-refractivity contribution in [1.29, 1.82) is 0 Å². The SMILES string of the molecule is c1ccc(ONc2ncncn2)cc1. The monoisotopic (exact) mass is 188 g/mol.